The third-order valence-electron chi connectivity index (χ3n) is 3.17. The van der Waals surface area contributed by atoms with Gasteiger partial charge in [-0.25, -0.2) is 0 Å². The third kappa shape index (κ3) is 3.42. The van der Waals surface area contributed by atoms with Crippen molar-refractivity contribution in [2.24, 2.45) is 0 Å². The van der Waals surface area contributed by atoms with Crippen molar-refractivity contribution in [2.75, 3.05) is 7.05 Å². The summed E-state index contributed by atoms with van der Waals surface area (Å²) in [5, 5.41) is 5.98. The second-order valence-corrected chi connectivity index (χ2v) is 4.60. The molecule has 1 aromatic heterocycles. The molecule has 0 radical (unpaired) electrons. The number of nitrogens with one attached hydrogen (secondary N) is 2. The van der Waals surface area contributed by atoms with Crippen LogP contribution in [-0.2, 0) is 4.79 Å². The summed E-state index contributed by atoms with van der Waals surface area (Å²) in [5.41, 5.74) is 1.98. The zero-order valence-electron chi connectivity index (χ0n) is 11.7. The number of benzene rings is 1. The average Bonchev–Trinajstić information content (AvgIpc) is 2.53. The number of amides is 1. The summed E-state index contributed by atoms with van der Waals surface area (Å²) in [6, 6.07) is 15.4. The second kappa shape index (κ2) is 6.82. The SMILES string of the molecule is CNC(=O)C(C)NC(c1ccccc1)c1ccccn1. The Morgan fingerprint density at radius 1 is 1.10 bits per heavy atom. The first-order valence-electron chi connectivity index (χ1n) is 6.66. The smallest absolute Gasteiger partial charge is 0.236 e. The molecule has 4 nitrogen and oxygen atoms in total. The van der Waals surface area contributed by atoms with E-state index in [4.69, 9.17) is 0 Å². The Hall–Kier alpha value is -2.20. The van der Waals surface area contributed by atoms with E-state index in [0.29, 0.717) is 0 Å². The van der Waals surface area contributed by atoms with E-state index >= 15 is 0 Å². The topological polar surface area (TPSA) is 54.0 Å². The Labute approximate surface area is 119 Å². The van der Waals surface area contributed by atoms with E-state index in [1.807, 2.05) is 55.5 Å². The van der Waals surface area contributed by atoms with Gasteiger partial charge in [-0.1, -0.05) is 36.4 Å². The van der Waals surface area contributed by atoms with E-state index < -0.39 is 0 Å². The van der Waals surface area contributed by atoms with Gasteiger partial charge in [0.05, 0.1) is 17.8 Å². The van der Waals surface area contributed by atoms with Gasteiger partial charge in [0.15, 0.2) is 0 Å². The maximum atomic E-state index is 11.7. The van der Waals surface area contributed by atoms with Crippen LogP contribution in [0.25, 0.3) is 0 Å². The minimum Gasteiger partial charge on any atom is -0.358 e. The van der Waals surface area contributed by atoms with Crippen molar-refractivity contribution in [3.63, 3.8) is 0 Å². The number of pyridine rings is 1. The fourth-order valence-electron chi connectivity index (χ4n) is 2.09. The summed E-state index contributed by atoms with van der Waals surface area (Å²) in [6.07, 6.45) is 1.76. The molecule has 2 rings (SSSR count). The highest BCUT2D eigenvalue weighted by Gasteiger charge is 2.20. The number of carbonyl (C=O) groups excluding carboxylic acids is 1. The molecular formula is C16H19N3O. The molecule has 2 aromatic rings. The van der Waals surface area contributed by atoms with E-state index in [0.717, 1.165) is 11.3 Å². The maximum Gasteiger partial charge on any atom is 0.236 e. The summed E-state index contributed by atoms with van der Waals surface area (Å²) in [4.78, 5) is 16.1. The summed E-state index contributed by atoms with van der Waals surface area (Å²) in [5.74, 6) is -0.0399. The van der Waals surface area contributed by atoms with Crippen LogP contribution < -0.4 is 10.6 Å². The molecule has 4 heteroatoms. The Bertz CT molecular complexity index is 503. The van der Waals surface area contributed by atoms with Crippen LogP contribution in [0.2, 0.25) is 0 Å². The van der Waals surface area contributed by atoms with Gasteiger partial charge in [0.2, 0.25) is 5.91 Å². The van der Waals surface area contributed by atoms with Crippen LogP contribution >= 0.6 is 0 Å². The van der Waals surface area contributed by atoms with Crippen molar-refractivity contribution in [1.29, 1.82) is 0 Å². The lowest BCUT2D eigenvalue weighted by Crippen LogP contribution is -2.42. The van der Waals surface area contributed by atoms with E-state index in [-0.39, 0.29) is 18.0 Å². The number of rotatable bonds is 5. The first kappa shape index (κ1) is 14.2. The molecule has 2 N–H and O–H groups in total. The van der Waals surface area contributed by atoms with Crippen LogP contribution in [0.3, 0.4) is 0 Å². The number of nitrogens with zero attached hydrogens (tertiary/aromatic N) is 1. The van der Waals surface area contributed by atoms with Gasteiger partial charge in [-0.3, -0.25) is 15.1 Å². The van der Waals surface area contributed by atoms with Crippen LogP contribution in [0.15, 0.2) is 54.7 Å². The molecule has 0 aliphatic rings. The van der Waals surface area contributed by atoms with Gasteiger partial charge in [-0.05, 0) is 24.6 Å². The van der Waals surface area contributed by atoms with Gasteiger partial charge in [0, 0.05) is 13.2 Å². The van der Waals surface area contributed by atoms with Crippen molar-refractivity contribution in [3.8, 4) is 0 Å². The first-order chi connectivity index (χ1) is 9.72. The van der Waals surface area contributed by atoms with Gasteiger partial charge < -0.3 is 5.32 Å². The van der Waals surface area contributed by atoms with Crippen molar-refractivity contribution >= 4 is 5.91 Å². The van der Waals surface area contributed by atoms with Gasteiger partial charge >= 0.3 is 0 Å². The van der Waals surface area contributed by atoms with Gasteiger partial charge in [0.25, 0.3) is 0 Å². The van der Waals surface area contributed by atoms with Gasteiger partial charge in [0.1, 0.15) is 0 Å². The minimum atomic E-state index is -0.299. The molecule has 0 fully saturated rings. The van der Waals surface area contributed by atoms with E-state index in [2.05, 4.69) is 15.6 Å². The van der Waals surface area contributed by atoms with Crippen molar-refractivity contribution in [1.82, 2.24) is 15.6 Å². The molecule has 1 amide bonds. The molecule has 0 aliphatic heterocycles. The second-order valence-electron chi connectivity index (χ2n) is 4.60. The molecule has 0 bridgehead atoms. The van der Waals surface area contributed by atoms with E-state index in [1.54, 1.807) is 13.2 Å². The molecule has 104 valence electrons. The highest BCUT2D eigenvalue weighted by Crippen LogP contribution is 2.20. The van der Waals surface area contributed by atoms with Crippen LogP contribution in [0.4, 0.5) is 0 Å². The number of carbonyl (C=O) groups is 1. The third-order valence-corrected chi connectivity index (χ3v) is 3.17. The van der Waals surface area contributed by atoms with E-state index in [9.17, 15) is 4.79 Å². The molecular weight excluding hydrogens is 250 g/mol. The van der Waals surface area contributed by atoms with Crippen LogP contribution in [-0.4, -0.2) is 24.0 Å². The Morgan fingerprint density at radius 3 is 2.40 bits per heavy atom. The lowest BCUT2D eigenvalue weighted by atomic mass is 10.0. The highest BCUT2D eigenvalue weighted by molar-refractivity contribution is 5.81. The lowest BCUT2D eigenvalue weighted by Gasteiger charge is -2.22. The fourth-order valence-corrected chi connectivity index (χ4v) is 2.09. The van der Waals surface area contributed by atoms with Crippen molar-refractivity contribution in [3.05, 3.63) is 66.0 Å². The summed E-state index contributed by atoms with van der Waals surface area (Å²) in [7, 11) is 1.64. The van der Waals surface area contributed by atoms with Gasteiger partial charge in [-0.2, -0.15) is 0 Å². The quantitative estimate of drug-likeness (QED) is 0.871. The molecule has 0 spiro atoms. The Morgan fingerprint density at radius 2 is 1.80 bits per heavy atom. The predicted molar refractivity (Wildman–Crippen MR) is 79.2 cm³/mol. The zero-order chi connectivity index (χ0) is 14.4. The molecule has 0 saturated carbocycles. The van der Waals surface area contributed by atoms with Crippen LogP contribution in [0.5, 0.6) is 0 Å². The van der Waals surface area contributed by atoms with Crippen LogP contribution in [0, 0.1) is 0 Å². The van der Waals surface area contributed by atoms with E-state index in [1.165, 1.54) is 0 Å². The largest absolute Gasteiger partial charge is 0.358 e. The Balaban J connectivity index is 2.28. The molecule has 0 aliphatic carbocycles. The fraction of sp³-hybridized carbons (Fsp3) is 0.250. The molecule has 1 heterocycles. The summed E-state index contributed by atoms with van der Waals surface area (Å²) >= 11 is 0. The zero-order valence-corrected chi connectivity index (χ0v) is 11.7. The molecule has 1 aromatic carbocycles. The molecule has 0 saturated heterocycles. The first-order valence-corrected chi connectivity index (χ1v) is 6.66. The number of aromatic nitrogens is 1. The molecule has 20 heavy (non-hydrogen) atoms. The summed E-state index contributed by atoms with van der Waals surface area (Å²) < 4.78 is 0. The van der Waals surface area contributed by atoms with Crippen molar-refractivity contribution in [2.45, 2.75) is 19.0 Å². The Kier molecular flexibility index (Phi) is 4.85. The standard InChI is InChI=1S/C16H19N3O/c1-12(16(20)17-2)19-15(13-8-4-3-5-9-13)14-10-6-7-11-18-14/h3-12,15,19H,1-2H3,(H,17,20). The summed E-state index contributed by atoms with van der Waals surface area (Å²) in [6.45, 7) is 1.84. The van der Waals surface area contributed by atoms with Crippen molar-refractivity contribution < 1.29 is 4.79 Å². The monoisotopic (exact) mass is 269 g/mol. The highest BCUT2D eigenvalue weighted by atomic mass is 16.2. The predicted octanol–water partition coefficient (Wildman–Crippen LogP) is 1.90. The number of hydrogen-bond donors (Lipinski definition) is 2. The molecule has 2 atom stereocenters. The number of hydrogen-bond acceptors (Lipinski definition) is 3. The van der Waals surface area contributed by atoms with Crippen LogP contribution in [0.1, 0.15) is 24.2 Å². The lowest BCUT2D eigenvalue weighted by molar-refractivity contribution is -0.122. The number of likely N-dealkylation sites (N-methyl/N-ethyl adjacent to an activating group) is 1. The minimum absolute atomic E-state index is 0.0399. The average molecular weight is 269 g/mol. The molecule has 2 unspecified atom stereocenters. The normalized spacial score (nSPS) is 13.5. The van der Waals surface area contributed by atoms with Gasteiger partial charge in [-0.15, -0.1) is 0 Å². The maximum absolute atomic E-state index is 11.7.